The van der Waals surface area contributed by atoms with Crippen LogP contribution in [0.1, 0.15) is 28.9 Å². The number of aromatic nitrogens is 2. The number of amides is 1. The number of carbonyl (C=O) groups excluding carboxylic acids is 1. The lowest BCUT2D eigenvalue weighted by Gasteiger charge is -2.39. The molecule has 0 aliphatic carbocycles. The molecule has 1 aliphatic rings. The molecule has 1 aliphatic heterocycles. The number of thioether (sulfide) groups is 1. The summed E-state index contributed by atoms with van der Waals surface area (Å²) in [7, 11) is 0. The molecule has 1 aromatic heterocycles. The fourth-order valence-electron chi connectivity index (χ4n) is 2.46. The van der Waals surface area contributed by atoms with E-state index in [1.807, 2.05) is 13.2 Å². The summed E-state index contributed by atoms with van der Waals surface area (Å²) in [6.45, 7) is 2.99. The van der Waals surface area contributed by atoms with Crippen molar-refractivity contribution in [3.05, 3.63) is 17.5 Å². The van der Waals surface area contributed by atoms with Gasteiger partial charge in [0, 0.05) is 18.8 Å². The quantitative estimate of drug-likeness (QED) is 0.331. The lowest BCUT2D eigenvalue weighted by Crippen LogP contribution is -2.51. The average molecular weight is 297 g/mol. The zero-order valence-corrected chi connectivity index (χ0v) is 12.4. The third-order valence-corrected chi connectivity index (χ3v) is 5.28. The van der Waals surface area contributed by atoms with Crippen LogP contribution in [0.2, 0.25) is 0 Å². The van der Waals surface area contributed by atoms with Crippen LogP contribution in [0.4, 0.5) is 0 Å². The number of nitrogens with two attached hydrogens (primary N) is 1. The number of oxime groups is 1. The van der Waals surface area contributed by atoms with Crippen molar-refractivity contribution in [3.63, 3.8) is 0 Å². The monoisotopic (exact) mass is 297 g/mol. The average Bonchev–Trinajstić information content (AvgIpc) is 2.91. The van der Waals surface area contributed by atoms with Gasteiger partial charge in [-0.25, -0.2) is 0 Å². The van der Waals surface area contributed by atoms with Gasteiger partial charge in [0.15, 0.2) is 5.84 Å². The molecule has 0 saturated carbocycles. The standard InChI is InChI=1S/C12H19N5O2S/c1-8-9(7-14-15-8)10(18)17-5-3-12(20-2,4-6-17)11(13)16-19/h7,19H,3-6H2,1-2H3,(H2,13,16)(H,14,15). The Morgan fingerprint density at radius 2 is 2.25 bits per heavy atom. The van der Waals surface area contributed by atoms with Gasteiger partial charge in [0.05, 0.1) is 16.5 Å². The summed E-state index contributed by atoms with van der Waals surface area (Å²) in [6.07, 6.45) is 4.84. The molecule has 0 spiro atoms. The Morgan fingerprint density at radius 1 is 1.60 bits per heavy atom. The molecule has 4 N–H and O–H groups in total. The summed E-state index contributed by atoms with van der Waals surface area (Å²) >= 11 is 1.57. The van der Waals surface area contributed by atoms with Crippen LogP contribution < -0.4 is 5.73 Å². The number of aromatic amines is 1. The van der Waals surface area contributed by atoms with Crippen LogP contribution in [-0.2, 0) is 0 Å². The third kappa shape index (κ3) is 2.47. The highest BCUT2D eigenvalue weighted by Gasteiger charge is 2.39. The first-order valence-corrected chi connectivity index (χ1v) is 7.59. The van der Waals surface area contributed by atoms with E-state index in [2.05, 4.69) is 15.4 Å². The van der Waals surface area contributed by atoms with Crippen molar-refractivity contribution in [2.75, 3.05) is 19.3 Å². The predicted molar refractivity (Wildman–Crippen MR) is 78.1 cm³/mol. The summed E-state index contributed by atoms with van der Waals surface area (Å²) in [4.78, 5) is 14.2. The van der Waals surface area contributed by atoms with Crippen LogP contribution in [0.25, 0.3) is 0 Å². The van der Waals surface area contributed by atoms with Crippen molar-refractivity contribution in [1.29, 1.82) is 0 Å². The second kappa shape index (κ2) is 5.74. The van der Waals surface area contributed by atoms with Crippen LogP contribution in [0, 0.1) is 6.92 Å². The molecule has 0 bridgehead atoms. The Balaban J connectivity index is 2.08. The third-order valence-electron chi connectivity index (χ3n) is 3.88. The van der Waals surface area contributed by atoms with Crippen molar-refractivity contribution in [1.82, 2.24) is 15.1 Å². The maximum Gasteiger partial charge on any atom is 0.257 e. The minimum atomic E-state index is -0.378. The Morgan fingerprint density at radius 3 is 2.70 bits per heavy atom. The molecule has 1 saturated heterocycles. The van der Waals surface area contributed by atoms with E-state index >= 15 is 0 Å². The Kier molecular flexibility index (Phi) is 4.22. The highest BCUT2D eigenvalue weighted by molar-refractivity contribution is 8.00. The van der Waals surface area contributed by atoms with Gasteiger partial charge in [0.2, 0.25) is 0 Å². The van der Waals surface area contributed by atoms with E-state index in [9.17, 15) is 4.79 Å². The first kappa shape index (κ1) is 14.7. The van der Waals surface area contributed by atoms with Crippen LogP contribution >= 0.6 is 11.8 Å². The van der Waals surface area contributed by atoms with Crippen LogP contribution in [0.15, 0.2) is 11.4 Å². The Hall–Kier alpha value is -1.70. The minimum Gasteiger partial charge on any atom is -0.409 e. The molecule has 0 radical (unpaired) electrons. The summed E-state index contributed by atoms with van der Waals surface area (Å²) < 4.78 is -0.378. The molecule has 8 heteroatoms. The molecule has 0 unspecified atom stereocenters. The van der Waals surface area contributed by atoms with Gasteiger partial charge >= 0.3 is 0 Å². The number of likely N-dealkylation sites (tertiary alicyclic amines) is 1. The van der Waals surface area contributed by atoms with Gasteiger partial charge < -0.3 is 15.8 Å². The second-order valence-electron chi connectivity index (χ2n) is 4.88. The first-order valence-electron chi connectivity index (χ1n) is 6.36. The lowest BCUT2D eigenvalue weighted by molar-refractivity contribution is 0.0717. The SMILES string of the molecule is CSC1(C(N)=NO)CCN(C(=O)c2cn[nH]c2C)CC1. The van der Waals surface area contributed by atoms with Crippen molar-refractivity contribution >= 4 is 23.5 Å². The van der Waals surface area contributed by atoms with Crippen LogP contribution in [0.3, 0.4) is 0 Å². The summed E-state index contributed by atoms with van der Waals surface area (Å²) in [5.74, 6) is 0.210. The van der Waals surface area contributed by atoms with Gasteiger partial charge in [-0.1, -0.05) is 5.16 Å². The fourth-order valence-corrected chi connectivity index (χ4v) is 3.30. The van der Waals surface area contributed by atoms with E-state index in [0.29, 0.717) is 31.5 Å². The van der Waals surface area contributed by atoms with Crippen LogP contribution in [-0.4, -0.2) is 56.1 Å². The molecular formula is C12H19N5O2S. The molecule has 20 heavy (non-hydrogen) atoms. The van der Waals surface area contributed by atoms with Gasteiger partial charge in [-0.2, -0.15) is 16.9 Å². The van der Waals surface area contributed by atoms with E-state index < -0.39 is 0 Å². The molecule has 2 rings (SSSR count). The van der Waals surface area contributed by atoms with Gasteiger partial charge in [0.1, 0.15) is 0 Å². The molecule has 110 valence electrons. The summed E-state index contributed by atoms with van der Waals surface area (Å²) in [5, 5.41) is 18.7. The topological polar surface area (TPSA) is 108 Å². The zero-order valence-electron chi connectivity index (χ0n) is 11.6. The molecule has 1 fully saturated rings. The van der Waals surface area contributed by atoms with E-state index in [4.69, 9.17) is 10.9 Å². The zero-order chi connectivity index (χ0) is 14.8. The van der Waals surface area contributed by atoms with Crippen molar-refractivity contribution in [3.8, 4) is 0 Å². The first-order chi connectivity index (χ1) is 9.54. The molecular weight excluding hydrogens is 278 g/mol. The number of nitrogens with one attached hydrogen (secondary N) is 1. The van der Waals surface area contributed by atoms with Gasteiger partial charge in [-0.05, 0) is 26.0 Å². The largest absolute Gasteiger partial charge is 0.409 e. The number of hydrogen-bond donors (Lipinski definition) is 3. The van der Waals surface area contributed by atoms with Crippen molar-refractivity contribution in [2.45, 2.75) is 24.5 Å². The summed E-state index contributed by atoms with van der Waals surface area (Å²) in [6, 6.07) is 0. The molecule has 1 aromatic rings. The van der Waals surface area contributed by atoms with E-state index in [0.717, 1.165) is 5.69 Å². The number of nitrogens with zero attached hydrogens (tertiary/aromatic N) is 3. The second-order valence-corrected chi connectivity index (χ2v) is 6.07. The molecule has 0 atom stereocenters. The van der Waals surface area contributed by atoms with Gasteiger partial charge in [-0.15, -0.1) is 0 Å². The number of carbonyl (C=O) groups is 1. The Bertz CT molecular complexity index is 520. The number of rotatable bonds is 3. The Labute approximate surface area is 121 Å². The summed E-state index contributed by atoms with van der Waals surface area (Å²) in [5.41, 5.74) is 7.17. The van der Waals surface area contributed by atoms with Gasteiger partial charge in [0.25, 0.3) is 5.91 Å². The fraction of sp³-hybridized carbons (Fsp3) is 0.583. The van der Waals surface area contributed by atoms with E-state index in [-0.39, 0.29) is 16.5 Å². The van der Waals surface area contributed by atoms with E-state index in [1.54, 1.807) is 22.9 Å². The van der Waals surface area contributed by atoms with Crippen molar-refractivity contribution in [2.24, 2.45) is 10.9 Å². The van der Waals surface area contributed by atoms with E-state index in [1.165, 1.54) is 0 Å². The smallest absolute Gasteiger partial charge is 0.257 e. The molecule has 1 amide bonds. The highest BCUT2D eigenvalue weighted by atomic mass is 32.2. The number of amidine groups is 1. The molecule has 7 nitrogen and oxygen atoms in total. The van der Waals surface area contributed by atoms with Crippen molar-refractivity contribution < 1.29 is 10.0 Å². The molecule has 0 aromatic carbocycles. The number of piperidine rings is 1. The maximum atomic E-state index is 12.4. The highest BCUT2D eigenvalue weighted by Crippen LogP contribution is 2.35. The lowest BCUT2D eigenvalue weighted by atomic mass is 9.94. The number of H-pyrrole nitrogens is 1. The van der Waals surface area contributed by atoms with Gasteiger partial charge in [-0.3, -0.25) is 9.89 Å². The number of hydrogen-bond acceptors (Lipinski definition) is 5. The number of aryl methyl sites for hydroxylation is 1. The normalized spacial score (nSPS) is 19.1. The minimum absolute atomic E-state index is 0.0227. The molecule has 2 heterocycles. The predicted octanol–water partition coefficient (Wildman–Crippen LogP) is 0.802. The van der Waals surface area contributed by atoms with Crippen LogP contribution in [0.5, 0.6) is 0 Å². The maximum absolute atomic E-state index is 12.4.